The first-order chi connectivity index (χ1) is 12.0. The van der Waals surface area contributed by atoms with Gasteiger partial charge in [-0.1, -0.05) is 39.2 Å². The summed E-state index contributed by atoms with van der Waals surface area (Å²) >= 11 is 0. The molecule has 1 unspecified atom stereocenters. The van der Waals surface area contributed by atoms with Crippen LogP contribution in [0.1, 0.15) is 46.0 Å². The number of unbranched alkanes of at least 4 members (excludes halogenated alkanes) is 1. The molecule has 1 amide bonds. The Labute approximate surface area is 150 Å². The summed E-state index contributed by atoms with van der Waals surface area (Å²) in [4.78, 5) is 15.0. The quantitative estimate of drug-likeness (QED) is 0.426. The molecule has 6 heteroatoms. The average Bonchev–Trinajstić information content (AvgIpc) is 3.01. The molecule has 0 radical (unpaired) electrons. The average molecular weight is 348 g/mol. The maximum atomic E-state index is 13.0. The van der Waals surface area contributed by atoms with Crippen LogP contribution in [0.5, 0.6) is 0 Å². The molecule has 0 spiro atoms. The largest absolute Gasteiger partial charge is 0.397 e. The van der Waals surface area contributed by atoms with Gasteiger partial charge in [-0.05, 0) is 36.7 Å². The molecule has 3 aliphatic rings. The second-order valence-electron chi connectivity index (χ2n) is 7.97. The number of hydrogen-bond acceptors (Lipinski definition) is 5. The molecule has 140 valence electrons. The molecule has 0 aromatic heterocycles. The molecular weight excluding hydrogens is 314 g/mol. The van der Waals surface area contributed by atoms with Crippen molar-refractivity contribution in [3.63, 3.8) is 0 Å². The van der Waals surface area contributed by atoms with Crippen LogP contribution < -0.4 is 22.7 Å². The van der Waals surface area contributed by atoms with Gasteiger partial charge in [0.1, 0.15) is 0 Å². The van der Waals surface area contributed by atoms with Crippen molar-refractivity contribution in [1.82, 2.24) is 10.3 Å². The van der Waals surface area contributed by atoms with Crippen molar-refractivity contribution in [2.75, 3.05) is 13.1 Å². The van der Waals surface area contributed by atoms with Crippen LogP contribution in [-0.2, 0) is 4.79 Å². The van der Waals surface area contributed by atoms with Crippen molar-refractivity contribution in [3.8, 4) is 0 Å². The molecule has 1 heterocycles. The lowest BCUT2D eigenvalue weighted by atomic mass is 9.51. The topological polar surface area (TPSA) is 110 Å². The highest BCUT2D eigenvalue weighted by molar-refractivity contribution is 5.82. The molecule has 0 aromatic rings. The Bertz CT molecular complexity index is 586. The third-order valence-corrected chi connectivity index (χ3v) is 6.72. The van der Waals surface area contributed by atoms with E-state index in [4.69, 9.17) is 17.3 Å². The minimum absolute atomic E-state index is 0.0809. The fraction of sp³-hybridized carbons (Fsp3) is 0.737. The number of nitrogens with two attached hydrogens (primary N) is 3. The minimum Gasteiger partial charge on any atom is -0.397 e. The summed E-state index contributed by atoms with van der Waals surface area (Å²) in [6, 6.07) is 0. The van der Waals surface area contributed by atoms with Gasteiger partial charge in [0.15, 0.2) is 0 Å². The second-order valence-corrected chi connectivity index (χ2v) is 7.97. The van der Waals surface area contributed by atoms with Crippen molar-refractivity contribution >= 4 is 5.91 Å². The first-order valence-corrected chi connectivity index (χ1v) is 9.68. The van der Waals surface area contributed by atoms with Gasteiger partial charge in [-0.25, -0.2) is 0 Å². The molecule has 25 heavy (non-hydrogen) atoms. The summed E-state index contributed by atoms with van der Waals surface area (Å²) in [6.07, 6.45) is 8.92. The van der Waals surface area contributed by atoms with E-state index in [-0.39, 0.29) is 17.4 Å². The Hall–Kier alpha value is -1.53. The van der Waals surface area contributed by atoms with Crippen LogP contribution in [0.3, 0.4) is 0 Å². The number of nitrogens with zero attached hydrogens (tertiary/aromatic N) is 1. The van der Waals surface area contributed by atoms with Crippen LogP contribution in [0, 0.1) is 23.7 Å². The zero-order valence-electron chi connectivity index (χ0n) is 15.5. The number of nitrogens with one attached hydrogen (secondary N) is 1. The fourth-order valence-corrected chi connectivity index (χ4v) is 5.36. The third kappa shape index (κ3) is 2.95. The van der Waals surface area contributed by atoms with Gasteiger partial charge in [0, 0.05) is 18.6 Å². The van der Waals surface area contributed by atoms with E-state index < -0.39 is 0 Å². The molecule has 0 aromatic carbocycles. The maximum absolute atomic E-state index is 13.0. The van der Waals surface area contributed by atoms with Crippen LogP contribution in [0.15, 0.2) is 23.5 Å². The zero-order chi connectivity index (χ0) is 18.2. The zero-order valence-corrected chi connectivity index (χ0v) is 15.5. The molecule has 5 atom stereocenters. The summed E-state index contributed by atoms with van der Waals surface area (Å²) in [5.74, 6) is 6.99. The van der Waals surface area contributed by atoms with E-state index in [2.05, 4.69) is 19.3 Å². The Morgan fingerprint density at radius 1 is 1.40 bits per heavy atom. The Morgan fingerprint density at radius 2 is 2.16 bits per heavy atom. The Morgan fingerprint density at radius 3 is 2.76 bits per heavy atom. The van der Waals surface area contributed by atoms with Crippen LogP contribution in [0.2, 0.25) is 0 Å². The molecule has 2 fully saturated rings. The van der Waals surface area contributed by atoms with Crippen LogP contribution >= 0.6 is 0 Å². The number of allylic oxidation sites excluding steroid dienone is 1. The monoisotopic (exact) mass is 347 g/mol. The number of fused-ring (bicyclic) bond motifs is 1. The van der Waals surface area contributed by atoms with Gasteiger partial charge in [0.25, 0.3) is 0 Å². The van der Waals surface area contributed by atoms with Crippen LogP contribution in [0.25, 0.3) is 0 Å². The van der Waals surface area contributed by atoms with E-state index >= 15 is 0 Å². The number of likely N-dealkylation sites (tertiary alicyclic amines) is 1. The number of hydrogen-bond donors (Lipinski definition) is 4. The smallest absolute Gasteiger partial charge is 0.229 e. The molecule has 7 N–H and O–H groups in total. The maximum Gasteiger partial charge on any atom is 0.229 e. The van der Waals surface area contributed by atoms with E-state index in [1.807, 2.05) is 17.1 Å². The molecule has 2 aliphatic carbocycles. The van der Waals surface area contributed by atoms with Crippen LogP contribution in [-0.4, -0.2) is 29.4 Å². The van der Waals surface area contributed by atoms with Crippen molar-refractivity contribution in [2.24, 2.45) is 41.0 Å². The lowest BCUT2D eigenvalue weighted by Gasteiger charge is -2.57. The number of carbonyl (C=O) groups excluding carboxylic acids is 1. The molecule has 3 rings (SSSR count). The normalized spacial score (nSPS) is 37.0. The predicted molar refractivity (Wildman–Crippen MR) is 99.6 cm³/mol. The minimum atomic E-state index is -0.183. The van der Waals surface area contributed by atoms with Gasteiger partial charge in [0.2, 0.25) is 5.91 Å². The van der Waals surface area contributed by atoms with E-state index in [1.54, 1.807) is 0 Å². The van der Waals surface area contributed by atoms with Gasteiger partial charge >= 0.3 is 0 Å². The lowest BCUT2D eigenvalue weighted by Crippen LogP contribution is -2.67. The molecule has 0 bridgehead atoms. The summed E-state index contributed by atoms with van der Waals surface area (Å²) in [5, 5.41) is 0. The van der Waals surface area contributed by atoms with E-state index in [0.29, 0.717) is 35.6 Å². The van der Waals surface area contributed by atoms with E-state index in [0.717, 1.165) is 25.9 Å². The summed E-state index contributed by atoms with van der Waals surface area (Å²) < 4.78 is 0. The molecule has 1 saturated heterocycles. The van der Waals surface area contributed by atoms with E-state index in [9.17, 15) is 4.79 Å². The molecular formula is C19H33N5O. The van der Waals surface area contributed by atoms with Crippen LogP contribution in [0.4, 0.5) is 0 Å². The Kier molecular flexibility index (Phi) is 5.11. The summed E-state index contributed by atoms with van der Waals surface area (Å²) in [5.41, 5.74) is 16.6. The Balaban J connectivity index is 1.67. The van der Waals surface area contributed by atoms with Gasteiger partial charge in [-0.2, -0.15) is 0 Å². The van der Waals surface area contributed by atoms with Gasteiger partial charge < -0.3 is 21.8 Å². The fourth-order valence-electron chi connectivity index (χ4n) is 5.36. The van der Waals surface area contributed by atoms with Crippen molar-refractivity contribution in [2.45, 2.75) is 51.5 Å². The van der Waals surface area contributed by atoms with Gasteiger partial charge in [-0.15, -0.1) is 0 Å². The first-order valence-electron chi connectivity index (χ1n) is 9.68. The molecule has 1 saturated carbocycles. The highest BCUT2D eigenvalue weighted by Gasteiger charge is 2.61. The highest BCUT2D eigenvalue weighted by Crippen LogP contribution is 2.55. The number of hydrazine groups is 1. The third-order valence-electron chi connectivity index (χ3n) is 6.72. The highest BCUT2D eigenvalue weighted by atomic mass is 16.2. The van der Waals surface area contributed by atoms with Gasteiger partial charge in [0.05, 0.1) is 17.3 Å². The predicted octanol–water partition coefficient (Wildman–Crippen LogP) is 1.20. The van der Waals surface area contributed by atoms with Crippen molar-refractivity contribution < 1.29 is 4.79 Å². The van der Waals surface area contributed by atoms with E-state index in [1.165, 1.54) is 12.8 Å². The molecule has 6 nitrogen and oxygen atoms in total. The lowest BCUT2D eigenvalue weighted by molar-refractivity contribution is -0.133. The first kappa shape index (κ1) is 18.3. The SMILES string of the molecule is CCCC[C@]1(N)[C@H](CC)[C@H]2CN(C(=O)C3C=C(N)C(NN)=CC3)C[C@H]21. The second kappa shape index (κ2) is 7.00. The van der Waals surface area contributed by atoms with Gasteiger partial charge in [-0.3, -0.25) is 10.6 Å². The molecule has 1 aliphatic heterocycles. The number of carbonyl (C=O) groups is 1. The number of amides is 1. The number of rotatable bonds is 6. The summed E-state index contributed by atoms with van der Waals surface area (Å²) in [6.45, 7) is 6.09. The van der Waals surface area contributed by atoms with Crippen molar-refractivity contribution in [1.29, 1.82) is 0 Å². The standard InChI is InChI=1S/C19H33N5O/c1-3-5-8-19(21)14(4-2)13-10-24(11-15(13)19)18(25)12-6-7-17(23-22)16(20)9-12/h7,9,12-15,23H,3-6,8,10-11,20-22H2,1-2H3/t12?,13-,14-,15-,19+/m1/s1. The summed E-state index contributed by atoms with van der Waals surface area (Å²) in [7, 11) is 0. The van der Waals surface area contributed by atoms with Crippen molar-refractivity contribution in [3.05, 3.63) is 23.5 Å².